The van der Waals surface area contributed by atoms with Crippen molar-refractivity contribution in [2.75, 3.05) is 20.1 Å². The van der Waals surface area contributed by atoms with Gasteiger partial charge in [0.2, 0.25) is 0 Å². The minimum absolute atomic E-state index is 0. The van der Waals surface area contributed by atoms with E-state index in [2.05, 4.69) is 20.6 Å². The number of halogens is 3. The first kappa shape index (κ1) is 21.3. The molecule has 0 amide bonds. The number of nitrogens with zero attached hydrogens (tertiary/aromatic N) is 2. The molecule has 136 valence electrons. The van der Waals surface area contributed by atoms with Crippen LogP contribution in [0.2, 0.25) is 0 Å². The summed E-state index contributed by atoms with van der Waals surface area (Å²) >= 11 is 0. The van der Waals surface area contributed by atoms with Crippen LogP contribution in [0.1, 0.15) is 16.7 Å². The Labute approximate surface area is 164 Å². The summed E-state index contributed by atoms with van der Waals surface area (Å²) in [4.78, 5) is 8.20. The maximum absolute atomic E-state index is 13.6. The third kappa shape index (κ3) is 6.93. The molecule has 0 bridgehead atoms. The largest absolute Gasteiger partial charge is 0.356 e. The van der Waals surface area contributed by atoms with E-state index < -0.39 is 11.6 Å². The SMILES string of the molecule is CN=C(NCCc1ccncc1C)NCCc1cc(F)ccc1F.I. The Hall–Kier alpha value is -1.77. The minimum Gasteiger partial charge on any atom is -0.356 e. The van der Waals surface area contributed by atoms with Crippen LogP contribution in [0.4, 0.5) is 8.78 Å². The minimum atomic E-state index is -0.429. The Bertz CT molecular complexity index is 707. The second kappa shape index (κ2) is 11.0. The van der Waals surface area contributed by atoms with Crippen LogP contribution in [0.15, 0.2) is 41.7 Å². The predicted octanol–water partition coefficient (Wildman–Crippen LogP) is 3.24. The molecule has 0 aliphatic rings. The van der Waals surface area contributed by atoms with Crippen molar-refractivity contribution in [1.29, 1.82) is 0 Å². The van der Waals surface area contributed by atoms with Gasteiger partial charge in [0.15, 0.2) is 5.96 Å². The number of aromatic nitrogens is 1. The molecule has 0 fully saturated rings. The Morgan fingerprint density at radius 2 is 1.76 bits per heavy atom. The average molecular weight is 460 g/mol. The highest BCUT2D eigenvalue weighted by Crippen LogP contribution is 2.09. The van der Waals surface area contributed by atoms with E-state index in [4.69, 9.17) is 0 Å². The summed E-state index contributed by atoms with van der Waals surface area (Å²) in [5, 5.41) is 6.31. The molecule has 0 aliphatic carbocycles. The van der Waals surface area contributed by atoms with E-state index >= 15 is 0 Å². The fourth-order valence-electron chi connectivity index (χ4n) is 2.37. The Morgan fingerprint density at radius 3 is 2.40 bits per heavy atom. The smallest absolute Gasteiger partial charge is 0.190 e. The number of nitrogens with one attached hydrogen (secondary N) is 2. The van der Waals surface area contributed by atoms with Crippen molar-refractivity contribution >= 4 is 29.9 Å². The molecule has 1 heterocycles. The van der Waals surface area contributed by atoms with Gasteiger partial charge in [-0.05, 0) is 60.7 Å². The molecule has 2 rings (SSSR count). The molecule has 7 heteroatoms. The van der Waals surface area contributed by atoms with Gasteiger partial charge in [0.25, 0.3) is 0 Å². The van der Waals surface area contributed by atoms with E-state index in [9.17, 15) is 8.78 Å². The van der Waals surface area contributed by atoms with Gasteiger partial charge < -0.3 is 10.6 Å². The number of hydrogen-bond donors (Lipinski definition) is 2. The summed E-state index contributed by atoms with van der Waals surface area (Å²) in [6.45, 7) is 3.22. The summed E-state index contributed by atoms with van der Waals surface area (Å²) in [6, 6.07) is 5.49. The van der Waals surface area contributed by atoms with Gasteiger partial charge in [0, 0.05) is 32.5 Å². The highest BCUT2D eigenvalue weighted by molar-refractivity contribution is 14.0. The summed E-state index contributed by atoms with van der Waals surface area (Å²) in [5.74, 6) is -0.186. The van der Waals surface area contributed by atoms with Gasteiger partial charge in [-0.25, -0.2) is 8.78 Å². The third-order valence-corrected chi connectivity index (χ3v) is 3.74. The van der Waals surface area contributed by atoms with Crippen LogP contribution in [0.3, 0.4) is 0 Å². The van der Waals surface area contributed by atoms with Crippen molar-refractivity contribution in [3.8, 4) is 0 Å². The van der Waals surface area contributed by atoms with Gasteiger partial charge in [0.05, 0.1) is 0 Å². The second-order valence-corrected chi connectivity index (χ2v) is 5.46. The number of rotatable bonds is 6. The molecular formula is C18H23F2IN4. The zero-order valence-corrected chi connectivity index (χ0v) is 16.7. The second-order valence-electron chi connectivity index (χ2n) is 5.46. The Morgan fingerprint density at radius 1 is 1.08 bits per heavy atom. The molecule has 1 aromatic carbocycles. The van der Waals surface area contributed by atoms with Crippen molar-refractivity contribution in [1.82, 2.24) is 15.6 Å². The van der Waals surface area contributed by atoms with Crippen LogP contribution < -0.4 is 10.6 Å². The van der Waals surface area contributed by atoms with Crippen molar-refractivity contribution in [2.45, 2.75) is 19.8 Å². The van der Waals surface area contributed by atoms with Gasteiger partial charge in [-0.3, -0.25) is 9.98 Å². The van der Waals surface area contributed by atoms with Crippen LogP contribution >= 0.6 is 24.0 Å². The molecule has 0 saturated carbocycles. The van der Waals surface area contributed by atoms with Crippen LogP contribution in [-0.4, -0.2) is 31.1 Å². The van der Waals surface area contributed by atoms with Crippen LogP contribution in [0.5, 0.6) is 0 Å². The molecule has 0 saturated heterocycles. The van der Waals surface area contributed by atoms with Crippen LogP contribution in [0, 0.1) is 18.6 Å². The van der Waals surface area contributed by atoms with Crippen LogP contribution in [0.25, 0.3) is 0 Å². The molecule has 25 heavy (non-hydrogen) atoms. The Kier molecular flexibility index (Phi) is 9.33. The van der Waals surface area contributed by atoms with Gasteiger partial charge in [-0.2, -0.15) is 0 Å². The van der Waals surface area contributed by atoms with Gasteiger partial charge in [0.1, 0.15) is 11.6 Å². The van der Waals surface area contributed by atoms with Gasteiger partial charge in [-0.1, -0.05) is 0 Å². The summed E-state index contributed by atoms with van der Waals surface area (Å²) in [7, 11) is 1.68. The van der Waals surface area contributed by atoms with E-state index in [0.29, 0.717) is 24.5 Å². The Balaban J connectivity index is 0.00000312. The topological polar surface area (TPSA) is 49.3 Å². The average Bonchev–Trinajstić information content (AvgIpc) is 2.58. The number of pyridine rings is 1. The molecule has 2 aromatic rings. The molecule has 0 radical (unpaired) electrons. The van der Waals surface area contributed by atoms with E-state index in [1.54, 1.807) is 13.2 Å². The lowest BCUT2D eigenvalue weighted by atomic mass is 10.1. The zero-order chi connectivity index (χ0) is 17.4. The zero-order valence-electron chi connectivity index (χ0n) is 14.4. The number of aliphatic imine (C=N–C) groups is 1. The van der Waals surface area contributed by atoms with Crippen molar-refractivity contribution in [3.05, 3.63) is 65.0 Å². The summed E-state index contributed by atoms with van der Waals surface area (Å²) in [5.41, 5.74) is 2.74. The molecule has 0 atom stereocenters. The number of hydrogen-bond acceptors (Lipinski definition) is 2. The highest BCUT2D eigenvalue weighted by Gasteiger charge is 2.05. The first-order valence-electron chi connectivity index (χ1n) is 7.88. The molecular weight excluding hydrogens is 437 g/mol. The summed E-state index contributed by atoms with van der Waals surface area (Å²) in [6.07, 6.45) is 4.86. The normalized spacial score (nSPS) is 11.0. The highest BCUT2D eigenvalue weighted by atomic mass is 127. The van der Waals surface area contributed by atoms with Crippen molar-refractivity contribution in [2.24, 2.45) is 4.99 Å². The van der Waals surface area contributed by atoms with Gasteiger partial charge in [-0.15, -0.1) is 24.0 Å². The van der Waals surface area contributed by atoms with E-state index in [1.165, 1.54) is 11.6 Å². The maximum atomic E-state index is 13.6. The van der Waals surface area contributed by atoms with E-state index in [1.807, 2.05) is 19.2 Å². The van der Waals surface area contributed by atoms with Gasteiger partial charge >= 0.3 is 0 Å². The lowest BCUT2D eigenvalue weighted by molar-refractivity contribution is 0.583. The fourth-order valence-corrected chi connectivity index (χ4v) is 2.37. The lowest BCUT2D eigenvalue weighted by Gasteiger charge is -2.12. The molecule has 2 N–H and O–H groups in total. The molecule has 0 unspecified atom stereocenters. The molecule has 4 nitrogen and oxygen atoms in total. The van der Waals surface area contributed by atoms with Crippen molar-refractivity contribution in [3.63, 3.8) is 0 Å². The standard InChI is InChI=1S/C18H22F2N4.HI/c1-13-12-22-8-5-14(13)6-9-23-18(21-2)24-10-7-15-11-16(19)3-4-17(15)20;/h3-5,8,11-12H,6-7,9-10H2,1-2H3,(H2,21,23,24);1H. The lowest BCUT2D eigenvalue weighted by Crippen LogP contribution is -2.39. The number of aryl methyl sites for hydroxylation is 1. The summed E-state index contributed by atoms with van der Waals surface area (Å²) < 4.78 is 26.7. The number of guanidine groups is 1. The molecule has 0 spiro atoms. The van der Waals surface area contributed by atoms with Crippen LogP contribution in [-0.2, 0) is 12.8 Å². The first-order valence-corrected chi connectivity index (χ1v) is 7.88. The molecule has 1 aromatic heterocycles. The monoisotopic (exact) mass is 460 g/mol. The van der Waals surface area contributed by atoms with E-state index in [0.717, 1.165) is 30.7 Å². The third-order valence-electron chi connectivity index (χ3n) is 3.74. The number of benzene rings is 1. The quantitative estimate of drug-likeness (QED) is 0.396. The first-order chi connectivity index (χ1) is 11.6. The fraction of sp³-hybridized carbons (Fsp3) is 0.333. The van der Waals surface area contributed by atoms with E-state index in [-0.39, 0.29) is 24.0 Å². The maximum Gasteiger partial charge on any atom is 0.190 e. The van der Waals surface area contributed by atoms with Crippen molar-refractivity contribution < 1.29 is 8.78 Å². The predicted molar refractivity (Wildman–Crippen MR) is 108 cm³/mol. The molecule has 0 aliphatic heterocycles.